The van der Waals surface area contributed by atoms with Gasteiger partial charge in [-0.25, -0.2) is 0 Å². The highest BCUT2D eigenvalue weighted by molar-refractivity contribution is 5.37. The second kappa shape index (κ2) is 8.95. The predicted molar refractivity (Wildman–Crippen MR) is 110 cm³/mol. The Morgan fingerprint density at radius 2 is 1.79 bits per heavy atom. The molecular weight excluding hydrogens is 354 g/mol. The Bertz CT molecular complexity index is 797. The molecule has 1 fully saturated rings. The highest BCUT2D eigenvalue weighted by atomic mass is 16.5. The topological polar surface area (TPSA) is 62.2 Å². The van der Waals surface area contributed by atoms with Crippen LogP contribution in [0, 0.1) is 13.8 Å². The smallest absolute Gasteiger partial charge is 0.124 e. The number of nitrogens with zero attached hydrogens (tertiary/aromatic N) is 1. The van der Waals surface area contributed by atoms with Crippen molar-refractivity contribution in [1.29, 1.82) is 0 Å². The Morgan fingerprint density at radius 3 is 2.43 bits per heavy atom. The molecule has 1 saturated heterocycles. The third-order valence-electron chi connectivity index (χ3n) is 5.69. The summed E-state index contributed by atoms with van der Waals surface area (Å²) in [5.41, 5.74) is 3.59. The average molecular weight is 386 g/mol. The SMILES string of the molecule is COc1ccc(CN2CCC(O)(COc3ccc(C)c(C)c3)CC2)cc1CO. The molecule has 2 aromatic rings. The van der Waals surface area contributed by atoms with Crippen molar-refractivity contribution in [2.45, 2.75) is 45.4 Å². The number of aliphatic hydroxyl groups excluding tert-OH is 1. The summed E-state index contributed by atoms with van der Waals surface area (Å²) < 4.78 is 11.1. The molecule has 0 atom stereocenters. The van der Waals surface area contributed by atoms with Crippen LogP contribution in [0.1, 0.15) is 35.1 Å². The lowest BCUT2D eigenvalue weighted by molar-refractivity contribution is -0.0537. The van der Waals surface area contributed by atoms with Crippen molar-refractivity contribution in [3.05, 3.63) is 58.7 Å². The number of rotatable bonds is 7. The van der Waals surface area contributed by atoms with E-state index >= 15 is 0 Å². The number of methoxy groups -OCH3 is 1. The Kier molecular flexibility index (Phi) is 6.60. The first kappa shape index (κ1) is 20.6. The molecule has 1 aliphatic rings. The lowest BCUT2D eigenvalue weighted by Crippen LogP contribution is -2.47. The van der Waals surface area contributed by atoms with Crippen molar-refractivity contribution in [2.24, 2.45) is 0 Å². The van der Waals surface area contributed by atoms with E-state index in [4.69, 9.17) is 9.47 Å². The van der Waals surface area contributed by atoms with Gasteiger partial charge in [-0.05, 0) is 67.6 Å². The molecular formula is C23H31NO4. The van der Waals surface area contributed by atoms with Crippen molar-refractivity contribution < 1.29 is 19.7 Å². The third-order valence-corrected chi connectivity index (χ3v) is 5.69. The first-order chi connectivity index (χ1) is 13.4. The van der Waals surface area contributed by atoms with Crippen LogP contribution >= 0.6 is 0 Å². The molecule has 0 aromatic heterocycles. The largest absolute Gasteiger partial charge is 0.496 e. The second-order valence-corrected chi connectivity index (χ2v) is 7.84. The summed E-state index contributed by atoms with van der Waals surface area (Å²) in [6.45, 7) is 6.85. The normalized spacial score (nSPS) is 16.8. The summed E-state index contributed by atoms with van der Waals surface area (Å²) in [5.74, 6) is 1.52. The van der Waals surface area contributed by atoms with Crippen LogP contribution in [0.4, 0.5) is 0 Å². The van der Waals surface area contributed by atoms with Crippen LogP contribution < -0.4 is 9.47 Å². The first-order valence-electron chi connectivity index (χ1n) is 9.84. The minimum Gasteiger partial charge on any atom is -0.496 e. The van der Waals surface area contributed by atoms with Gasteiger partial charge in [-0.2, -0.15) is 0 Å². The molecule has 1 aliphatic heterocycles. The zero-order valence-corrected chi connectivity index (χ0v) is 17.1. The molecule has 1 heterocycles. The molecule has 2 N–H and O–H groups in total. The van der Waals surface area contributed by atoms with E-state index in [0.29, 0.717) is 25.2 Å². The molecule has 28 heavy (non-hydrogen) atoms. The van der Waals surface area contributed by atoms with Crippen molar-refractivity contribution in [2.75, 3.05) is 26.8 Å². The number of ether oxygens (including phenoxy) is 2. The van der Waals surface area contributed by atoms with E-state index in [9.17, 15) is 10.2 Å². The molecule has 0 radical (unpaired) electrons. The van der Waals surface area contributed by atoms with Crippen LogP contribution in [0.3, 0.4) is 0 Å². The number of hydrogen-bond acceptors (Lipinski definition) is 5. The Morgan fingerprint density at radius 1 is 1.04 bits per heavy atom. The van der Waals surface area contributed by atoms with Crippen LogP contribution in [0.2, 0.25) is 0 Å². The molecule has 0 bridgehead atoms. The van der Waals surface area contributed by atoms with Gasteiger partial charge in [-0.3, -0.25) is 4.90 Å². The maximum absolute atomic E-state index is 10.9. The Hall–Kier alpha value is -2.08. The van der Waals surface area contributed by atoms with Crippen molar-refractivity contribution in [3.63, 3.8) is 0 Å². The van der Waals surface area contributed by atoms with E-state index in [1.54, 1.807) is 7.11 Å². The van der Waals surface area contributed by atoms with Crippen LogP contribution in [0.15, 0.2) is 36.4 Å². The second-order valence-electron chi connectivity index (χ2n) is 7.84. The van der Waals surface area contributed by atoms with E-state index in [2.05, 4.69) is 18.7 Å². The van der Waals surface area contributed by atoms with Gasteiger partial charge in [0.2, 0.25) is 0 Å². The fourth-order valence-electron chi connectivity index (χ4n) is 3.61. The molecule has 3 rings (SSSR count). The molecule has 0 spiro atoms. The van der Waals surface area contributed by atoms with Crippen LogP contribution in [-0.2, 0) is 13.2 Å². The highest BCUT2D eigenvalue weighted by Gasteiger charge is 2.33. The van der Waals surface area contributed by atoms with E-state index in [1.165, 1.54) is 11.1 Å². The predicted octanol–water partition coefficient (Wildman–Crippen LogP) is 3.21. The molecule has 5 heteroatoms. The van der Waals surface area contributed by atoms with Crippen molar-refractivity contribution >= 4 is 0 Å². The van der Waals surface area contributed by atoms with Crippen molar-refractivity contribution in [1.82, 2.24) is 4.90 Å². The summed E-state index contributed by atoms with van der Waals surface area (Å²) in [7, 11) is 1.61. The zero-order chi connectivity index (χ0) is 20.1. The third kappa shape index (κ3) is 5.04. The number of benzene rings is 2. The van der Waals surface area contributed by atoms with Gasteiger partial charge < -0.3 is 19.7 Å². The quantitative estimate of drug-likeness (QED) is 0.766. The molecule has 0 saturated carbocycles. The molecule has 0 unspecified atom stereocenters. The van der Waals surface area contributed by atoms with Gasteiger partial charge in [0.05, 0.1) is 13.7 Å². The maximum atomic E-state index is 10.9. The molecule has 0 aliphatic carbocycles. The van der Waals surface area contributed by atoms with Gasteiger partial charge >= 0.3 is 0 Å². The monoisotopic (exact) mass is 385 g/mol. The molecule has 0 amide bonds. The van der Waals surface area contributed by atoms with Gasteiger partial charge in [-0.1, -0.05) is 12.1 Å². The van der Waals surface area contributed by atoms with Crippen LogP contribution in [-0.4, -0.2) is 47.5 Å². The fraction of sp³-hybridized carbons (Fsp3) is 0.478. The lowest BCUT2D eigenvalue weighted by atomic mass is 9.92. The highest BCUT2D eigenvalue weighted by Crippen LogP contribution is 2.27. The summed E-state index contributed by atoms with van der Waals surface area (Å²) in [4.78, 5) is 2.33. The van der Waals surface area contributed by atoms with E-state index in [0.717, 1.165) is 36.5 Å². The fourth-order valence-corrected chi connectivity index (χ4v) is 3.61. The van der Waals surface area contributed by atoms with Crippen LogP contribution in [0.25, 0.3) is 0 Å². The Balaban J connectivity index is 1.52. The minimum atomic E-state index is -0.786. The lowest BCUT2D eigenvalue weighted by Gasteiger charge is -2.38. The van der Waals surface area contributed by atoms with Gasteiger partial charge in [0.1, 0.15) is 23.7 Å². The van der Waals surface area contributed by atoms with Crippen molar-refractivity contribution in [3.8, 4) is 11.5 Å². The van der Waals surface area contributed by atoms with Gasteiger partial charge in [-0.15, -0.1) is 0 Å². The number of aryl methyl sites for hydroxylation is 2. The summed E-state index contributed by atoms with van der Waals surface area (Å²) >= 11 is 0. The van der Waals surface area contributed by atoms with Gasteiger partial charge in [0.25, 0.3) is 0 Å². The summed E-state index contributed by atoms with van der Waals surface area (Å²) in [5, 5.41) is 20.4. The zero-order valence-electron chi connectivity index (χ0n) is 17.1. The number of aliphatic hydroxyl groups is 2. The molecule has 152 valence electrons. The Labute approximate surface area is 167 Å². The average Bonchev–Trinajstić information content (AvgIpc) is 2.71. The summed E-state index contributed by atoms with van der Waals surface area (Å²) in [6, 6.07) is 12.0. The maximum Gasteiger partial charge on any atom is 0.124 e. The summed E-state index contributed by atoms with van der Waals surface area (Å²) in [6.07, 6.45) is 1.36. The minimum absolute atomic E-state index is 0.0351. The number of piperidine rings is 1. The standard InChI is InChI=1S/C23H31NO4/c1-17-4-6-21(12-18(17)2)28-16-23(26)8-10-24(11-9-23)14-19-5-7-22(27-3)20(13-19)15-25/h4-7,12-13,25-26H,8-11,14-16H2,1-3H3. The molecule has 5 nitrogen and oxygen atoms in total. The van der Waals surface area contributed by atoms with Gasteiger partial charge in [0.15, 0.2) is 0 Å². The van der Waals surface area contributed by atoms with E-state index in [-0.39, 0.29) is 6.61 Å². The van der Waals surface area contributed by atoms with Crippen LogP contribution in [0.5, 0.6) is 11.5 Å². The molecule has 2 aromatic carbocycles. The van der Waals surface area contributed by atoms with E-state index < -0.39 is 5.60 Å². The number of hydrogen-bond donors (Lipinski definition) is 2. The first-order valence-corrected chi connectivity index (χ1v) is 9.84. The van der Waals surface area contributed by atoms with E-state index in [1.807, 2.05) is 36.4 Å². The van der Waals surface area contributed by atoms with Gasteiger partial charge in [0, 0.05) is 25.2 Å². The number of likely N-dealkylation sites (tertiary alicyclic amines) is 1.